The van der Waals surface area contributed by atoms with Gasteiger partial charge in [-0.2, -0.15) is 0 Å². The molecule has 1 aliphatic heterocycles. The summed E-state index contributed by atoms with van der Waals surface area (Å²) in [5, 5.41) is 0. The Balaban J connectivity index is 2.15. The summed E-state index contributed by atoms with van der Waals surface area (Å²) in [6, 6.07) is 6.28. The smallest absolute Gasteiger partial charge is 0.132 e. The second kappa shape index (κ2) is 3.62. The van der Waals surface area contributed by atoms with Crippen molar-refractivity contribution < 1.29 is 4.74 Å². The van der Waals surface area contributed by atoms with Gasteiger partial charge >= 0.3 is 0 Å². The minimum Gasteiger partial charge on any atom is -0.486 e. The number of imidazole rings is 1. The fourth-order valence-corrected chi connectivity index (χ4v) is 2.13. The number of hydrogen-bond acceptors (Lipinski definition) is 2. The normalized spacial score (nSPS) is 13.2. The molecule has 0 bridgehead atoms. The van der Waals surface area contributed by atoms with Crippen molar-refractivity contribution in [3.05, 3.63) is 35.3 Å². The first-order chi connectivity index (χ1) is 8.15. The third-order valence-corrected chi connectivity index (χ3v) is 3.11. The van der Waals surface area contributed by atoms with Crippen LogP contribution in [0.1, 0.15) is 36.8 Å². The number of aromatic nitrogens is 2. The Bertz CT molecular complexity index is 570. The molecule has 1 aliphatic rings. The highest BCUT2D eigenvalue weighted by molar-refractivity contribution is 5.71. The lowest BCUT2D eigenvalue weighted by Gasteiger charge is -2.16. The lowest BCUT2D eigenvalue weighted by Crippen LogP contribution is -2.05. The quantitative estimate of drug-likeness (QED) is 0.812. The Hall–Kier alpha value is -1.77. The van der Waals surface area contributed by atoms with Crippen LogP contribution in [0.5, 0.6) is 5.75 Å². The van der Waals surface area contributed by atoms with Gasteiger partial charge in [0.1, 0.15) is 23.9 Å². The average Bonchev–Trinajstić information content (AvgIpc) is 2.72. The molecule has 1 aromatic heterocycles. The molecule has 3 rings (SSSR count). The molecule has 0 saturated heterocycles. The highest BCUT2D eigenvalue weighted by atomic mass is 16.5. The van der Waals surface area contributed by atoms with Crippen molar-refractivity contribution in [3.63, 3.8) is 0 Å². The molecule has 1 N–H and O–H groups in total. The lowest BCUT2D eigenvalue weighted by atomic mass is 10.0. The summed E-state index contributed by atoms with van der Waals surface area (Å²) in [4.78, 5) is 8.01. The first-order valence-electron chi connectivity index (χ1n) is 5.97. The van der Waals surface area contributed by atoms with Gasteiger partial charge < -0.3 is 9.72 Å². The van der Waals surface area contributed by atoms with Crippen LogP contribution in [0.15, 0.2) is 18.2 Å². The molecule has 3 heteroatoms. The molecule has 0 fully saturated rings. The van der Waals surface area contributed by atoms with Crippen LogP contribution in [0.3, 0.4) is 0 Å². The summed E-state index contributed by atoms with van der Waals surface area (Å²) >= 11 is 0. The molecule has 0 spiro atoms. The molecule has 17 heavy (non-hydrogen) atoms. The third-order valence-electron chi connectivity index (χ3n) is 3.11. The molecule has 3 nitrogen and oxygen atoms in total. The Labute approximate surface area is 101 Å². The number of H-pyrrole nitrogens is 1. The zero-order valence-electron chi connectivity index (χ0n) is 10.4. The van der Waals surface area contributed by atoms with Crippen LogP contribution in [-0.2, 0) is 6.61 Å². The van der Waals surface area contributed by atoms with Crippen molar-refractivity contribution in [1.82, 2.24) is 9.97 Å². The molecule has 0 aliphatic carbocycles. The second-order valence-corrected chi connectivity index (χ2v) is 4.89. The first kappa shape index (κ1) is 10.4. The lowest BCUT2D eigenvalue weighted by molar-refractivity contribution is 0.297. The number of aromatic amines is 1. The Morgan fingerprint density at radius 3 is 2.94 bits per heavy atom. The maximum Gasteiger partial charge on any atom is 0.132 e. The Kier molecular flexibility index (Phi) is 2.21. The third kappa shape index (κ3) is 1.62. The summed E-state index contributed by atoms with van der Waals surface area (Å²) in [6.45, 7) is 6.92. The molecular weight excluding hydrogens is 212 g/mol. The summed E-state index contributed by atoms with van der Waals surface area (Å²) in [6.07, 6.45) is 0. The van der Waals surface area contributed by atoms with E-state index in [1.807, 2.05) is 0 Å². The minimum absolute atomic E-state index is 0.412. The predicted molar refractivity (Wildman–Crippen MR) is 67.2 cm³/mol. The van der Waals surface area contributed by atoms with Crippen molar-refractivity contribution >= 4 is 0 Å². The number of hydrogen-bond donors (Lipinski definition) is 1. The Morgan fingerprint density at radius 2 is 2.18 bits per heavy atom. The zero-order chi connectivity index (χ0) is 12.0. The molecule has 0 atom stereocenters. The summed E-state index contributed by atoms with van der Waals surface area (Å²) in [7, 11) is 0. The maximum atomic E-state index is 5.74. The molecular formula is C14H16N2O. The maximum absolute atomic E-state index is 5.74. The molecule has 0 saturated carbocycles. The fraction of sp³-hybridized carbons (Fsp3) is 0.357. The van der Waals surface area contributed by atoms with Gasteiger partial charge in [0.15, 0.2) is 0 Å². The molecule has 0 unspecified atom stereocenters. The van der Waals surface area contributed by atoms with Crippen LogP contribution in [0.25, 0.3) is 11.3 Å². The van der Waals surface area contributed by atoms with Gasteiger partial charge in [-0.15, -0.1) is 0 Å². The summed E-state index contributed by atoms with van der Waals surface area (Å²) in [5.74, 6) is 2.40. The SMILES string of the molecule is Cc1ccc2c(c1)OCc1nc(C(C)C)[nH]c1-2. The van der Waals surface area contributed by atoms with Gasteiger partial charge in [0.2, 0.25) is 0 Å². The predicted octanol–water partition coefficient (Wildman–Crippen LogP) is 3.40. The van der Waals surface area contributed by atoms with Gasteiger partial charge in [-0.25, -0.2) is 4.98 Å². The highest BCUT2D eigenvalue weighted by Gasteiger charge is 2.21. The highest BCUT2D eigenvalue weighted by Crippen LogP contribution is 2.37. The minimum atomic E-state index is 0.412. The second-order valence-electron chi connectivity index (χ2n) is 4.89. The number of nitrogens with zero attached hydrogens (tertiary/aromatic N) is 1. The summed E-state index contributed by atoms with van der Waals surface area (Å²) < 4.78 is 5.74. The van der Waals surface area contributed by atoms with Crippen LogP contribution in [-0.4, -0.2) is 9.97 Å². The Morgan fingerprint density at radius 1 is 1.35 bits per heavy atom. The number of benzene rings is 1. The van der Waals surface area contributed by atoms with Crippen LogP contribution in [0, 0.1) is 6.92 Å². The van der Waals surface area contributed by atoms with Crippen molar-refractivity contribution in [2.75, 3.05) is 0 Å². The fourth-order valence-electron chi connectivity index (χ4n) is 2.13. The van der Waals surface area contributed by atoms with Crippen molar-refractivity contribution in [3.8, 4) is 17.0 Å². The van der Waals surface area contributed by atoms with Gasteiger partial charge in [0.05, 0.1) is 5.69 Å². The van der Waals surface area contributed by atoms with E-state index in [-0.39, 0.29) is 0 Å². The largest absolute Gasteiger partial charge is 0.486 e. The standard InChI is InChI=1S/C14H16N2O/c1-8(2)14-15-11-7-17-12-6-9(3)4-5-10(12)13(11)16-14/h4-6,8H,7H2,1-3H3,(H,15,16). The van der Waals surface area contributed by atoms with E-state index in [1.54, 1.807) is 0 Å². The van der Waals surface area contributed by atoms with Gasteiger partial charge in [-0.1, -0.05) is 19.9 Å². The van der Waals surface area contributed by atoms with E-state index >= 15 is 0 Å². The van der Waals surface area contributed by atoms with Crippen LogP contribution < -0.4 is 4.74 Å². The number of fused-ring (bicyclic) bond motifs is 3. The topological polar surface area (TPSA) is 37.9 Å². The van der Waals surface area contributed by atoms with E-state index in [0.717, 1.165) is 28.5 Å². The van der Waals surface area contributed by atoms with Crippen molar-refractivity contribution in [2.45, 2.75) is 33.3 Å². The van der Waals surface area contributed by atoms with Crippen LogP contribution in [0.4, 0.5) is 0 Å². The van der Waals surface area contributed by atoms with Gasteiger partial charge in [-0.3, -0.25) is 0 Å². The summed E-state index contributed by atoms with van der Waals surface area (Å²) in [5.41, 5.74) is 4.48. The van der Waals surface area contributed by atoms with E-state index < -0.39 is 0 Å². The molecule has 2 heterocycles. The molecule has 1 aromatic carbocycles. The average molecular weight is 228 g/mol. The van der Waals surface area contributed by atoms with Crippen LogP contribution >= 0.6 is 0 Å². The van der Waals surface area contributed by atoms with Crippen molar-refractivity contribution in [2.24, 2.45) is 0 Å². The molecule has 88 valence electrons. The zero-order valence-corrected chi connectivity index (χ0v) is 10.4. The van der Waals surface area contributed by atoms with Gasteiger partial charge in [0.25, 0.3) is 0 Å². The number of ether oxygens (including phenoxy) is 1. The molecule has 2 aromatic rings. The molecule has 0 amide bonds. The number of nitrogens with one attached hydrogen (secondary N) is 1. The van der Waals surface area contributed by atoms with E-state index in [2.05, 4.69) is 48.9 Å². The molecule has 0 radical (unpaired) electrons. The monoisotopic (exact) mass is 228 g/mol. The van der Waals surface area contributed by atoms with E-state index in [4.69, 9.17) is 4.74 Å². The number of rotatable bonds is 1. The first-order valence-corrected chi connectivity index (χ1v) is 5.97. The van der Waals surface area contributed by atoms with E-state index in [9.17, 15) is 0 Å². The van der Waals surface area contributed by atoms with Gasteiger partial charge in [0, 0.05) is 11.5 Å². The van der Waals surface area contributed by atoms with Crippen molar-refractivity contribution in [1.29, 1.82) is 0 Å². The van der Waals surface area contributed by atoms with Gasteiger partial charge in [-0.05, 0) is 24.6 Å². The number of aryl methyl sites for hydroxylation is 1. The van der Waals surface area contributed by atoms with E-state index in [1.165, 1.54) is 5.56 Å². The van der Waals surface area contributed by atoms with Crippen LogP contribution in [0.2, 0.25) is 0 Å². The van der Waals surface area contributed by atoms with E-state index in [0.29, 0.717) is 12.5 Å².